The van der Waals surface area contributed by atoms with E-state index in [0.29, 0.717) is 24.8 Å². The Bertz CT molecular complexity index is 501. The highest BCUT2D eigenvalue weighted by atomic mass is 79.9. The van der Waals surface area contributed by atoms with E-state index in [4.69, 9.17) is 4.74 Å². The molecule has 0 aromatic heterocycles. The first kappa shape index (κ1) is 17.3. The molecule has 22 heavy (non-hydrogen) atoms. The molecule has 2 atom stereocenters. The Morgan fingerprint density at radius 3 is 3.00 bits per heavy atom. The molecule has 2 N–H and O–H groups in total. The van der Waals surface area contributed by atoms with Crippen molar-refractivity contribution in [2.75, 3.05) is 20.2 Å². The topological polar surface area (TPSA) is 50.4 Å². The van der Waals surface area contributed by atoms with Crippen LogP contribution in [0.1, 0.15) is 31.7 Å². The SMILES string of the molecule is COc1ccc(CNC(=O)CC(C)C2CCCNC2)cc1Br. The second-order valence-electron chi connectivity index (χ2n) is 6.03. The van der Waals surface area contributed by atoms with Crippen molar-refractivity contribution in [3.8, 4) is 5.75 Å². The van der Waals surface area contributed by atoms with E-state index in [1.165, 1.54) is 12.8 Å². The van der Waals surface area contributed by atoms with Gasteiger partial charge in [-0.15, -0.1) is 0 Å². The maximum atomic E-state index is 12.1. The van der Waals surface area contributed by atoms with Crippen molar-refractivity contribution < 1.29 is 9.53 Å². The molecule has 5 heteroatoms. The van der Waals surface area contributed by atoms with Crippen LogP contribution in [0.15, 0.2) is 22.7 Å². The average molecular weight is 369 g/mol. The molecule has 0 bridgehead atoms. The second kappa shape index (κ2) is 8.53. The van der Waals surface area contributed by atoms with Crippen molar-refractivity contribution in [1.82, 2.24) is 10.6 Å². The smallest absolute Gasteiger partial charge is 0.220 e. The number of methoxy groups -OCH3 is 1. The van der Waals surface area contributed by atoms with E-state index < -0.39 is 0 Å². The molecule has 4 nitrogen and oxygen atoms in total. The number of amides is 1. The number of benzene rings is 1. The zero-order valence-electron chi connectivity index (χ0n) is 13.3. The number of rotatable bonds is 6. The van der Waals surface area contributed by atoms with E-state index in [1.807, 2.05) is 18.2 Å². The molecule has 122 valence electrons. The van der Waals surface area contributed by atoms with Gasteiger partial charge >= 0.3 is 0 Å². The third kappa shape index (κ3) is 4.99. The molecule has 1 fully saturated rings. The van der Waals surface area contributed by atoms with E-state index in [-0.39, 0.29) is 5.91 Å². The van der Waals surface area contributed by atoms with Gasteiger partial charge in [0.15, 0.2) is 0 Å². The lowest BCUT2D eigenvalue weighted by Gasteiger charge is -2.28. The van der Waals surface area contributed by atoms with Gasteiger partial charge in [0, 0.05) is 13.0 Å². The first-order valence-corrected chi connectivity index (χ1v) is 8.69. The van der Waals surface area contributed by atoms with Crippen LogP contribution in [0, 0.1) is 11.8 Å². The highest BCUT2D eigenvalue weighted by Gasteiger charge is 2.21. The average Bonchev–Trinajstić information content (AvgIpc) is 2.54. The number of hydrogen-bond acceptors (Lipinski definition) is 3. The predicted octanol–water partition coefficient (Wildman–Crippen LogP) is 3.10. The number of nitrogens with one attached hydrogen (secondary N) is 2. The van der Waals surface area contributed by atoms with Gasteiger partial charge in [0.1, 0.15) is 5.75 Å². The summed E-state index contributed by atoms with van der Waals surface area (Å²) < 4.78 is 6.11. The minimum Gasteiger partial charge on any atom is -0.496 e. The Kier molecular flexibility index (Phi) is 6.70. The van der Waals surface area contributed by atoms with Gasteiger partial charge in [-0.25, -0.2) is 0 Å². The Hall–Kier alpha value is -1.07. The summed E-state index contributed by atoms with van der Waals surface area (Å²) in [6.07, 6.45) is 3.05. The van der Waals surface area contributed by atoms with Crippen LogP contribution in [-0.2, 0) is 11.3 Å². The van der Waals surface area contributed by atoms with Crippen molar-refractivity contribution in [1.29, 1.82) is 0 Å². The fraction of sp³-hybridized carbons (Fsp3) is 0.588. The number of piperidine rings is 1. The molecule has 2 unspecified atom stereocenters. The fourth-order valence-corrected chi connectivity index (χ4v) is 3.50. The monoisotopic (exact) mass is 368 g/mol. The van der Waals surface area contributed by atoms with Crippen LogP contribution >= 0.6 is 15.9 Å². The van der Waals surface area contributed by atoms with E-state index in [9.17, 15) is 4.79 Å². The van der Waals surface area contributed by atoms with Gasteiger partial charge in [-0.1, -0.05) is 13.0 Å². The molecule has 0 radical (unpaired) electrons. The number of hydrogen-bond donors (Lipinski definition) is 2. The summed E-state index contributed by atoms with van der Waals surface area (Å²) in [7, 11) is 1.64. The summed E-state index contributed by atoms with van der Waals surface area (Å²) in [5.41, 5.74) is 1.06. The highest BCUT2D eigenvalue weighted by molar-refractivity contribution is 9.10. The molecule has 0 spiro atoms. The van der Waals surface area contributed by atoms with Crippen LogP contribution < -0.4 is 15.4 Å². The van der Waals surface area contributed by atoms with E-state index in [0.717, 1.165) is 28.9 Å². The van der Waals surface area contributed by atoms with Crippen molar-refractivity contribution in [2.45, 2.75) is 32.7 Å². The first-order chi connectivity index (χ1) is 10.6. The molecule has 1 aliphatic rings. The maximum Gasteiger partial charge on any atom is 0.220 e. The van der Waals surface area contributed by atoms with Crippen LogP contribution in [0.25, 0.3) is 0 Å². The molecule has 1 saturated heterocycles. The third-order valence-electron chi connectivity index (χ3n) is 4.35. The van der Waals surface area contributed by atoms with Gasteiger partial charge in [0.25, 0.3) is 0 Å². The molecule has 1 aromatic rings. The lowest BCUT2D eigenvalue weighted by Crippen LogP contribution is -2.35. The van der Waals surface area contributed by atoms with Crippen LogP contribution in [0.5, 0.6) is 5.75 Å². The molecule has 1 aliphatic heterocycles. The summed E-state index contributed by atoms with van der Waals surface area (Å²) in [5, 5.41) is 6.43. The number of carbonyl (C=O) groups is 1. The van der Waals surface area contributed by atoms with Gasteiger partial charge in [-0.05, 0) is 71.4 Å². The standard InChI is InChI=1S/C17H25BrN2O2/c1-12(14-4-3-7-19-11-14)8-17(21)20-10-13-5-6-16(22-2)15(18)9-13/h5-6,9,12,14,19H,3-4,7-8,10-11H2,1-2H3,(H,20,21). The highest BCUT2D eigenvalue weighted by Crippen LogP contribution is 2.25. The zero-order chi connectivity index (χ0) is 15.9. The van der Waals surface area contributed by atoms with Gasteiger partial charge in [-0.3, -0.25) is 4.79 Å². The number of carbonyl (C=O) groups excluding carboxylic acids is 1. The van der Waals surface area contributed by atoms with Gasteiger partial charge in [0.05, 0.1) is 11.6 Å². The summed E-state index contributed by atoms with van der Waals surface area (Å²) in [6.45, 7) is 4.89. The molecule has 1 amide bonds. The van der Waals surface area contributed by atoms with Crippen molar-refractivity contribution in [3.63, 3.8) is 0 Å². The number of ether oxygens (including phenoxy) is 1. The lowest BCUT2D eigenvalue weighted by atomic mass is 9.85. The molecular formula is C17H25BrN2O2. The Balaban J connectivity index is 1.78. The quantitative estimate of drug-likeness (QED) is 0.810. The Morgan fingerprint density at radius 1 is 1.55 bits per heavy atom. The minimum atomic E-state index is 0.130. The van der Waals surface area contributed by atoms with E-state index in [1.54, 1.807) is 7.11 Å². The van der Waals surface area contributed by atoms with Crippen LogP contribution in [0.4, 0.5) is 0 Å². The van der Waals surface area contributed by atoms with E-state index >= 15 is 0 Å². The van der Waals surface area contributed by atoms with Gasteiger partial charge in [0.2, 0.25) is 5.91 Å². The van der Waals surface area contributed by atoms with Crippen molar-refractivity contribution in [2.24, 2.45) is 11.8 Å². The molecule has 0 saturated carbocycles. The molecular weight excluding hydrogens is 344 g/mol. The zero-order valence-corrected chi connectivity index (χ0v) is 14.9. The summed E-state index contributed by atoms with van der Waals surface area (Å²) in [6, 6.07) is 5.86. The molecule has 1 aromatic carbocycles. The Morgan fingerprint density at radius 2 is 2.36 bits per heavy atom. The predicted molar refractivity (Wildman–Crippen MR) is 91.9 cm³/mol. The molecule has 1 heterocycles. The largest absolute Gasteiger partial charge is 0.496 e. The second-order valence-corrected chi connectivity index (χ2v) is 6.89. The van der Waals surface area contributed by atoms with Crippen molar-refractivity contribution in [3.05, 3.63) is 28.2 Å². The van der Waals surface area contributed by atoms with Crippen molar-refractivity contribution >= 4 is 21.8 Å². The fourth-order valence-electron chi connectivity index (χ4n) is 2.92. The van der Waals surface area contributed by atoms with Crippen LogP contribution in [0.3, 0.4) is 0 Å². The molecule has 0 aliphatic carbocycles. The van der Waals surface area contributed by atoms with Gasteiger partial charge < -0.3 is 15.4 Å². The third-order valence-corrected chi connectivity index (χ3v) is 4.97. The summed E-state index contributed by atoms with van der Waals surface area (Å²) in [4.78, 5) is 12.1. The first-order valence-electron chi connectivity index (χ1n) is 7.90. The summed E-state index contributed by atoms with van der Waals surface area (Å²) >= 11 is 3.46. The van der Waals surface area contributed by atoms with E-state index in [2.05, 4.69) is 33.5 Å². The maximum absolute atomic E-state index is 12.1. The number of halogens is 1. The lowest BCUT2D eigenvalue weighted by molar-refractivity contribution is -0.122. The van der Waals surface area contributed by atoms with Crippen LogP contribution in [0.2, 0.25) is 0 Å². The summed E-state index contributed by atoms with van der Waals surface area (Å²) in [5.74, 6) is 1.98. The Labute approximate surface area is 141 Å². The van der Waals surface area contributed by atoms with Crippen LogP contribution in [-0.4, -0.2) is 26.1 Å². The van der Waals surface area contributed by atoms with Gasteiger partial charge in [-0.2, -0.15) is 0 Å². The molecule has 2 rings (SSSR count). The normalized spacial score (nSPS) is 19.5. The minimum absolute atomic E-state index is 0.130.